The first kappa shape index (κ1) is 21.3. The Hall–Kier alpha value is -2.51. The Morgan fingerprint density at radius 2 is 1.75 bits per heavy atom. The maximum absolute atomic E-state index is 11.2. The third kappa shape index (κ3) is 5.10. The fourth-order valence-electron chi connectivity index (χ4n) is 5.66. The van der Waals surface area contributed by atoms with E-state index in [1.807, 2.05) is 36.4 Å². The molecule has 1 amide bonds. The number of carbonyl (C=O) groups is 1. The lowest BCUT2D eigenvalue weighted by Crippen LogP contribution is -2.32. The molecule has 3 atom stereocenters. The number of hydrogen-bond donors (Lipinski definition) is 2. The van der Waals surface area contributed by atoms with Crippen LogP contribution in [0.25, 0.3) is 11.3 Å². The second-order valence-corrected chi connectivity index (χ2v) is 9.67. The predicted molar refractivity (Wildman–Crippen MR) is 125 cm³/mol. The van der Waals surface area contributed by atoms with Crippen LogP contribution in [0.2, 0.25) is 0 Å². The maximum atomic E-state index is 11.2. The molecule has 1 aromatic carbocycles. The molecule has 1 aromatic heterocycles. The van der Waals surface area contributed by atoms with Crippen LogP contribution in [0.15, 0.2) is 36.4 Å². The number of carbonyl (C=O) groups excluding carboxylic acids is 1. The van der Waals surface area contributed by atoms with Crippen molar-refractivity contribution in [1.82, 2.24) is 15.1 Å². The number of anilines is 2. The Bertz CT molecular complexity index is 897. The van der Waals surface area contributed by atoms with Crippen molar-refractivity contribution in [3.63, 3.8) is 0 Å². The van der Waals surface area contributed by atoms with Gasteiger partial charge in [-0.05, 0) is 67.7 Å². The Balaban J connectivity index is 1.11. The number of rotatable bonds is 6. The molecule has 0 unspecified atom stereocenters. The van der Waals surface area contributed by atoms with E-state index in [4.69, 9.17) is 4.74 Å². The van der Waals surface area contributed by atoms with Crippen LogP contribution in [-0.4, -0.2) is 59.9 Å². The molecule has 3 aliphatic rings. The molecule has 0 radical (unpaired) electrons. The zero-order valence-electron chi connectivity index (χ0n) is 18.8. The molecule has 1 aliphatic carbocycles. The molecule has 0 spiro atoms. The van der Waals surface area contributed by atoms with Crippen LogP contribution in [0.4, 0.5) is 11.5 Å². The van der Waals surface area contributed by atoms with E-state index in [0.29, 0.717) is 6.04 Å². The van der Waals surface area contributed by atoms with Crippen LogP contribution in [0.3, 0.4) is 0 Å². The summed E-state index contributed by atoms with van der Waals surface area (Å²) in [4.78, 5) is 13.9. The standard InChI is InChI=1S/C25H33N5O2/c1-17(31)26-22-4-2-19(3-5-22)24-6-7-25(29-28-24)27-23-12-20-15-30(16-21(20)13-23)14-18-8-10-32-11-9-18/h2-7,18,20-21,23H,8-16H2,1H3,(H,26,31)(H,27,29)/t20-,21+,23-. The van der Waals surface area contributed by atoms with Gasteiger partial charge in [0.25, 0.3) is 0 Å². The van der Waals surface area contributed by atoms with Gasteiger partial charge in [0, 0.05) is 57.1 Å². The minimum absolute atomic E-state index is 0.0731. The summed E-state index contributed by atoms with van der Waals surface area (Å²) >= 11 is 0. The summed E-state index contributed by atoms with van der Waals surface area (Å²) in [5, 5.41) is 15.2. The molecule has 2 saturated heterocycles. The van der Waals surface area contributed by atoms with Crippen molar-refractivity contribution in [2.24, 2.45) is 17.8 Å². The molecule has 7 nitrogen and oxygen atoms in total. The fourth-order valence-corrected chi connectivity index (χ4v) is 5.66. The van der Waals surface area contributed by atoms with Crippen molar-refractivity contribution in [3.8, 4) is 11.3 Å². The summed E-state index contributed by atoms with van der Waals surface area (Å²) in [6.45, 7) is 7.15. The topological polar surface area (TPSA) is 79.4 Å². The zero-order valence-corrected chi connectivity index (χ0v) is 18.8. The molecule has 3 heterocycles. The van der Waals surface area contributed by atoms with Crippen molar-refractivity contribution in [1.29, 1.82) is 0 Å². The van der Waals surface area contributed by atoms with Crippen molar-refractivity contribution in [2.75, 3.05) is 43.5 Å². The first-order valence-electron chi connectivity index (χ1n) is 11.9. The van der Waals surface area contributed by atoms with Crippen LogP contribution in [0.5, 0.6) is 0 Å². The zero-order chi connectivity index (χ0) is 21.9. The van der Waals surface area contributed by atoms with Crippen molar-refractivity contribution < 1.29 is 9.53 Å². The van der Waals surface area contributed by atoms with Crippen LogP contribution in [-0.2, 0) is 9.53 Å². The van der Waals surface area contributed by atoms with E-state index in [-0.39, 0.29) is 5.91 Å². The van der Waals surface area contributed by atoms with Gasteiger partial charge in [-0.3, -0.25) is 4.79 Å². The largest absolute Gasteiger partial charge is 0.381 e. The van der Waals surface area contributed by atoms with E-state index in [1.54, 1.807) is 0 Å². The third-order valence-corrected chi connectivity index (χ3v) is 7.20. The third-order valence-electron chi connectivity index (χ3n) is 7.20. The molecule has 3 fully saturated rings. The van der Waals surface area contributed by atoms with Crippen molar-refractivity contribution >= 4 is 17.4 Å². The van der Waals surface area contributed by atoms with E-state index < -0.39 is 0 Å². The Kier molecular flexibility index (Phi) is 6.37. The highest BCUT2D eigenvalue weighted by molar-refractivity contribution is 5.88. The second kappa shape index (κ2) is 9.55. The van der Waals surface area contributed by atoms with Gasteiger partial charge in [-0.25, -0.2) is 0 Å². The molecule has 5 rings (SSSR count). The molecule has 7 heteroatoms. The fraction of sp³-hybridized carbons (Fsp3) is 0.560. The smallest absolute Gasteiger partial charge is 0.221 e. The summed E-state index contributed by atoms with van der Waals surface area (Å²) in [6.07, 6.45) is 4.90. The summed E-state index contributed by atoms with van der Waals surface area (Å²) < 4.78 is 5.51. The maximum Gasteiger partial charge on any atom is 0.221 e. The van der Waals surface area contributed by atoms with Gasteiger partial charge >= 0.3 is 0 Å². The lowest BCUT2D eigenvalue weighted by atomic mass is 10.00. The van der Waals surface area contributed by atoms with Gasteiger partial charge < -0.3 is 20.3 Å². The number of hydrogen-bond acceptors (Lipinski definition) is 6. The van der Waals surface area contributed by atoms with Crippen LogP contribution >= 0.6 is 0 Å². The van der Waals surface area contributed by atoms with Crippen molar-refractivity contribution in [3.05, 3.63) is 36.4 Å². The highest BCUT2D eigenvalue weighted by Crippen LogP contribution is 2.39. The Labute approximate surface area is 189 Å². The monoisotopic (exact) mass is 435 g/mol. The number of benzene rings is 1. The van der Waals surface area contributed by atoms with Gasteiger partial charge in [0.15, 0.2) is 0 Å². The van der Waals surface area contributed by atoms with Gasteiger partial charge in [-0.2, -0.15) is 0 Å². The molecule has 2 aliphatic heterocycles. The number of nitrogens with one attached hydrogen (secondary N) is 2. The lowest BCUT2D eigenvalue weighted by molar-refractivity contribution is -0.114. The Morgan fingerprint density at radius 3 is 2.38 bits per heavy atom. The normalized spacial score (nSPS) is 26.1. The summed E-state index contributed by atoms with van der Waals surface area (Å²) in [7, 11) is 0. The van der Waals surface area contributed by atoms with Gasteiger partial charge in [-0.15, -0.1) is 10.2 Å². The van der Waals surface area contributed by atoms with E-state index >= 15 is 0 Å². The second-order valence-electron chi connectivity index (χ2n) is 9.67. The van der Waals surface area contributed by atoms with Gasteiger partial charge in [0.1, 0.15) is 5.82 Å². The number of amides is 1. The molecule has 0 bridgehead atoms. The SMILES string of the molecule is CC(=O)Nc1ccc(-c2ccc(N[C@@H]3C[C@@H]4CN(CC5CCOCC5)C[C@@H]4C3)nn2)cc1. The van der Waals surface area contributed by atoms with E-state index in [9.17, 15) is 4.79 Å². The highest BCUT2D eigenvalue weighted by atomic mass is 16.5. The van der Waals surface area contributed by atoms with Gasteiger partial charge in [0.05, 0.1) is 5.69 Å². The molecule has 2 N–H and O–H groups in total. The number of nitrogens with zero attached hydrogens (tertiary/aromatic N) is 3. The first-order valence-corrected chi connectivity index (χ1v) is 11.9. The summed E-state index contributed by atoms with van der Waals surface area (Å²) in [5.74, 6) is 3.22. The van der Waals surface area contributed by atoms with Crippen LogP contribution in [0.1, 0.15) is 32.6 Å². The van der Waals surface area contributed by atoms with Crippen molar-refractivity contribution in [2.45, 2.75) is 38.6 Å². The molecule has 170 valence electrons. The molecular weight excluding hydrogens is 402 g/mol. The van der Waals surface area contributed by atoms with E-state index in [0.717, 1.165) is 53.7 Å². The Morgan fingerprint density at radius 1 is 1.03 bits per heavy atom. The first-order chi connectivity index (χ1) is 15.6. The predicted octanol–water partition coefficient (Wildman–Crippen LogP) is 3.65. The number of ether oxygens (including phenoxy) is 1. The average Bonchev–Trinajstić information content (AvgIpc) is 3.33. The van der Waals surface area contributed by atoms with E-state index in [2.05, 4.69) is 25.7 Å². The molecule has 32 heavy (non-hydrogen) atoms. The summed E-state index contributed by atoms with van der Waals surface area (Å²) in [5.41, 5.74) is 2.60. The van der Waals surface area contributed by atoms with Crippen LogP contribution in [0, 0.1) is 17.8 Å². The number of likely N-dealkylation sites (tertiary alicyclic amines) is 1. The number of aromatic nitrogens is 2. The van der Waals surface area contributed by atoms with Gasteiger partial charge in [0.2, 0.25) is 5.91 Å². The van der Waals surface area contributed by atoms with E-state index in [1.165, 1.54) is 52.2 Å². The molecule has 1 saturated carbocycles. The number of fused-ring (bicyclic) bond motifs is 1. The minimum atomic E-state index is -0.0731. The molecule has 2 aromatic rings. The lowest BCUT2D eigenvalue weighted by Gasteiger charge is -2.27. The van der Waals surface area contributed by atoms with Crippen LogP contribution < -0.4 is 10.6 Å². The molecular formula is C25H33N5O2. The highest BCUT2D eigenvalue weighted by Gasteiger charge is 2.41. The average molecular weight is 436 g/mol. The quantitative estimate of drug-likeness (QED) is 0.721. The summed E-state index contributed by atoms with van der Waals surface area (Å²) in [6, 6.07) is 12.2. The minimum Gasteiger partial charge on any atom is -0.381 e. The van der Waals surface area contributed by atoms with Gasteiger partial charge in [-0.1, -0.05) is 12.1 Å².